The molecule has 0 aromatic rings. The zero-order valence-corrected chi connectivity index (χ0v) is 41.9. The fraction of sp³-hybridized carbons (Fsp3) is 0.980. The molecule has 0 aliphatic carbocycles. The van der Waals surface area contributed by atoms with E-state index in [2.05, 4.69) is 13.8 Å². The van der Waals surface area contributed by atoms with Gasteiger partial charge in [-0.15, -0.1) is 0 Å². The Labute approximate surface area is 374 Å². The number of phosphoric ester groups is 1. The van der Waals surface area contributed by atoms with E-state index >= 15 is 0 Å². The van der Waals surface area contributed by atoms with Crippen LogP contribution in [0.5, 0.6) is 0 Å². The third-order valence-corrected chi connectivity index (χ3v) is 12.9. The average Bonchev–Trinajstić information content (AvgIpc) is 3.20. The number of nitrogens with zero attached hydrogens (tertiary/aromatic N) is 1. The molecular weight excluding hydrogens is 770 g/mol. The maximum absolute atomic E-state index is 12.8. The zero-order valence-electron chi connectivity index (χ0n) is 41.0. The molecule has 0 heterocycles. The van der Waals surface area contributed by atoms with Crippen molar-refractivity contribution < 1.29 is 37.3 Å². The lowest BCUT2D eigenvalue weighted by atomic mass is 10.0. The normalized spacial score (nSPS) is 13.5. The van der Waals surface area contributed by atoms with Crippen molar-refractivity contribution in [1.29, 1.82) is 0 Å². The number of phosphoric acid groups is 1. The van der Waals surface area contributed by atoms with E-state index < -0.39 is 13.9 Å². The molecule has 0 aromatic carbocycles. The van der Waals surface area contributed by atoms with E-state index in [4.69, 9.17) is 18.5 Å². The molecule has 0 bridgehead atoms. The van der Waals surface area contributed by atoms with Gasteiger partial charge >= 0.3 is 13.8 Å². The molecule has 9 heteroatoms. The molecule has 2 atom stereocenters. The molecule has 0 fully saturated rings. The van der Waals surface area contributed by atoms with Crippen LogP contribution in [0.4, 0.5) is 0 Å². The van der Waals surface area contributed by atoms with Gasteiger partial charge in [0.2, 0.25) is 0 Å². The molecule has 60 heavy (non-hydrogen) atoms. The van der Waals surface area contributed by atoms with E-state index in [0.717, 1.165) is 32.1 Å². The van der Waals surface area contributed by atoms with Gasteiger partial charge in [0.05, 0.1) is 34.4 Å². The maximum Gasteiger partial charge on any atom is 0.472 e. The number of rotatable bonds is 50. The predicted molar refractivity (Wildman–Crippen MR) is 257 cm³/mol. The van der Waals surface area contributed by atoms with Crippen LogP contribution in [0.25, 0.3) is 0 Å². The Kier molecular flexibility index (Phi) is 44.7. The van der Waals surface area contributed by atoms with E-state index in [1.54, 1.807) is 0 Å². The van der Waals surface area contributed by atoms with Crippen molar-refractivity contribution in [3.8, 4) is 0 Å². The average molecular weight is 875 g/mol. The molecule has 1 N–H and O–H groups in total. The maximum atomic E-state index is 12.8. The number of carbonyl (C=O) groups excluding carboxylic acids is 1. The molecular formula is C51H105NO7P+. The summed E-state index contributed by atoms with van der Waals surface area (Å²) in [5.41, 5.74) is 0. The molecule has 0 saturated carbocycles. The second kappa shape index (κ2) is 45.1. The molecule has 0 amide bonds. The van der Waals surface area contributed by atoms with Crippen molar-refractivity contribution in [2.24, 2.45) is 0 Å². The lowest BCUT2D eigenvalue weighted by Gasteiger charge is -2.24. The molecule has 0 radical (unpaired) electrons. The van der Waals surface area contributed by atoms with Gasteiger partial charge in [-0.2, -0.15) is 0 Å². The Morgan fingerprint density at radius 1 is 0.450 bits per heavy atom. The van der Waals surface area contributed by atoms with Crippen LogP contribution in [0.3, 0.4) is 0 Å². The minimum absolute atomic E-state index is 0.0942. The summed E-state index contributed by atoms with van der Waals surface area (Å²) in [4.78, 5) is 23.0. The van der Waals surface area contributed by atoms with Gasteiger partial charge in [0.15, 0.2) is 0 Å². The van der Waals surface area contributed by atoms with Crippen LogP contribution >= 0.6 is 7.82 Å². The Morgan fingerprint density at radius 2 is 0.767 bits per heavy atom. The third-order valence-electron chi connectivity index (χ3n) is 11.9. The van der Waals surface area contributed by atoms with Crippen LogP contribution in [0, 0.1) is 0 Å². The number of unbranched alkanes of at least 4 members (excludes halogenated alkanes) is 36. The van der Waals surface area contributed by atoms with Gasteiger partial charge in [-0.25, -0.2) is 4.57 Å². The topological polar surface area (TPSA) is 91.3 Å². The summed E-state index contributed by atoms with van der Waals surface area (Å²) in [5.74, 6) is -0.304. The monoisotopic (exact) mass is 875 g/mol. The quantitative estimate of drug-likeness (QED) is 0.0282. The summed E-state index contributed by atoms with van der Waals surface area (Å²) < 4.78 is 35.2. The summed E-state index contributed by atoms with van der Waals surface area (Å²) in [5, 5.41) is 0. The number of hydrogen-bond donors (Lipinski definition) is 1. The van der Waals surface area contributed by atoms with Gasteiger partial charge in [0.1, 0.15) is 19.3 Å². The highest BCUT2D eigenvalue weighted by atomic mass is 31.2. The Morgan fingerprint density at radius 3 is 1.10 bits per heavy atom. The van der Waals surface area contributed by atoms with Crippen molar-refractivity contribution >= 4 is 13.8 Å². The van der Waals surface area contributed by atoms with Gasteiger partial charge < -0.3 is 18.9 Å². The molecule has 8 nitrogen and oxygen atoms in total. The smallest absolute Gasteiger partial charge is 0.457 e. The van der Waals surface area contributed by atoms with Gasteiger partial charge in [-0.05, 0) is 12.8 Å². The number of esters is 1. The minimum atomic E-state index is -4.27. The fourth-order valence-corrected chi connectivity index (χ4v) is 8.59. The van der Waals surface area contributed by atoms with Crippen LogP contribution < -0.4 is 0 Å². The highest BCUT2D eigenvalue weighted by Crippen LogP contribution is 2.43. The molecule has 0 rings (SSSR count). The minimum Gasteiger partial charge on any atom is -0.457 e. The van der Waals surface area contributed by atoms with Crippen LogP contribution in [-0.2, 0) is 27.9 Å². The first-order valence-corrected chi connectivity index (χ1v) is 27.8. The number of ether oxygens (including phenoxy) is 2. The highest BCUT2D eigenvalue weighted by Gasteiger charge is 2.26. The van der Waals surface area contributed by atoms with Crippen LogP contribution in [0.15, 0.2) is 0 Å². The standard InChI is InChI=1S/C51H104NO7P/c1-6-8-10-12-14-16-18-20-22-23-24-25-26-27-28-29-30-32-34-36-38-40-42-44-51(53)59-50(49-58-60(54,55)57-47-45-52(3,4)5)48-56-46-43-41-39-37-35-33-31-21-19-17-15-13-11-9-7-2/h50H,6-49H2,1-5H3/p+1. The van der Waals surface area contributed by atoms with Gasteiger partial charge in [-0.1, -0.05) is 245 Å². The second-order valence-corrected chi connectivity index (χ2v) is 20.7. The van der Waals surface area contributed by atoms with Crippen molar-refractivity contribution in [3.05, 3.63) is 0 Å². The number of likely N-dealkylation sites (N-methyl/N-ethyl adjacent to an activating group) is 1. The number of carbonyl (C=O) groups is 1. The lowest BCUT2D eigenvalue weighted by molar-refractivity contribution is -0.870. The number of hydrogen-bond acceptors (Lipinski definition) is 6. The third kappa shape index (κ3) is 48.5. The molecule has 360 valence electrons. The van der Waals surface area contributed by atoms with Crippen molar-refractivity contribution in [3.63, 3.8) is 0 Å². The fourth-order valence-electron chi connectivity index (χ4n) is 7.85. The first-order valence-electron chi connectivity index (χ1n) is 26.3. The van der Waals surface area contributed by atoms with E-state index in [1.807, 2.05) is 21.1 Å². The molecule has 2 unspecified atom stereocenters. The van der Waals surface area contributed by atoms with Crippen LogP contribution in [0.1, 0.15) is 264 Å². The van der Waals surface area contributed by atoms with Crippen LogP contribution in [0.2, 0.25) is 0 Å². The molecule has 0 saturated heterocycles. The summed E-state index contributed by atoms with van der Waals surface area (Å²) in [7, 11) is 1.69. The SMILES string of the molecule is CCCCCCCCCCCCCCCCCCCCCCCCCC(=O)OC(COCCCCCCCCCCCCCCCCC)COP(=O)(O)OCC[N+](C)(C)C. The summed E-state index contributed by atoms with van der Waals surface area (Å²) in [6.07, 6.45) is 50.1. The lowest BCUT2D eigenvalue weighted by Crippen LogP contribution is -2.37. The first kappa shape index (κ1) is 59.5. The van der Waals surface area contributed by atoms with E-state index in [-0.39, 0.29) is 25.8 Å². The van der Waals surface area contributed by atoms with Gasteiger partial charge in [0.25, 0.3) is 0 Å². The van der Waals surface area contributed by atoms with Gasteiger partial charge in [0, 0.05) is 13.0 Å². The highest BCUT2D eigenvalue weighted by molar-refractivity contribution is 7.47. The molecule has 0 spiro atoms. The van der Waals surface area contributed by atoms with E-state index in [0.29, 0.717) is 24.1 Å². The summed E-state index contributed by atoms with van der Waals surface area (Å²) in [6, 6.07) is 0. The van der Waals surface area contributed by atoms with Crippen molar-refractivity contribution in [2.75, 3.05) is 54.1 Å². The molecule has 0 aromatic heterocycles. The Balaban J connectivity index is 4.04. The number of quaternary nitrogens is 1. The predicted octanol–water partition coefficient (Wildman–Crippen LogP) is 16.0. The van der Waals surface area contributed by atoms with Crippen molar-refractivity contribution in [2.45, 2.75) is 270 Å². The molecule has 0 aliphatic rings. The van der Waals surface area contributed by atoms with Gasteiger partial charge in [-0.3, -0.25) is 13.8 Å². The second-order valence-electron chi connectivity index (χ2n) is 19.3. The zero-order chi connectivity index (χ0) is 44.1. The van der Waals surface area contributed by atoms with Crippen molar-refractivity contribution in [1.82, 2.24) is 0 Å². The van der Waals surface area contributed by atoms with E-state index in [1.165, 1.54) is 212 Å². The van der Waals surface area contributed by atoms with E-state index in [9.17, 15) is 14.3 Å². The summed E-state index contributed by atoms with van der Waals surface area (Å²) >= 11 is 0. The van der Waals surface area contributed by atoms with Crippen LogP contribution in [-0.4, -0.2) is 75.6 Å². The Hall–Kier alpha value is -0.500. The largest absolute Gasteiger partial charge is 0.472 e. The molecule has 0 aliphatic heterocycles. The Bertz CT molecular complexity index is 930. The first-order chi connectivity index (χ1) is 29.1. The summed E-state index contributed by atoms with van der Waals surface area (Å²) in [6.45, 7) is 5.70.